The standard InChI is InChI=1S/C37H40N4O7S3/c1-41(32-23-10-11-25(32)28(18-23)48-35(45)37(47,29-4-2-16-49-29)30-5-3-17-50-30)15-14-39-34(44)22-8-6-21(7-9-22)19-38-20-27(43)24-12-13-26(42)31-33(24)51-36(46)40-31/h2-9,12-13,16-17,23,25,27-28,32,38,42-43,47H,10-11,14-15,18-20H2,1H3,(H,39,44)(H,40,46)/t23?,25?,27-,28?,32?/m0/s1. The lowest BCUT2D eigenvalue weighted by Crippen LogP contribution is -2.43. The third kappa shape index (κ3) is 7.14. The van der Waals surface area contributed by atoms with E-state index in [-0.39, 0.29) is 41.1 Å². The second kappa shape index (κ2) is 15.0. The van der Waals surface area contributed by atoms with Crippen molar-refractivity contribution < 1.29 is 29.6 Å². The number of aliphatic hydroxyl groups excluding tert-OH is 1. The highest BCUT2D eigenvalue weighted by atomic mass is 32.1. The fraction of sp³-hybridized carbons (Fsp3) is 0.378. The Labute approximate surface area is 306 Å². The van der Waals surface area contributed by atoms with Crippen LogP contribution in [0.25, 0.3) is 10.2 Å². The van der Waals surface area contributed by atoms with Gasteiger partial charge in [-0.1, -0.05) is 41.7 Å². The van der Waals surface area contributed by atoms with Gasteiger partial charge in [0.25, 0.3) is 5.91 Å². The molecule has 268 valence electrons. The van der Waals surface area contributed by atoms with Crippen molar-refractivity contribution in [3.05, 3.63) is 108 Å². The molecule has 0 aliphatic heterocycles. The van der Waals surface area contributed by atoms with E-state index in [4.69, 9.17) is 4.74 Å². The fourth-order valence-corrected chi connectivity index (χ4v) is 10.3. The van der Waals surface area contributed by atoms with Gasteiger partial charge >= 0.3 is 10.8 Å². The number of hydrogen-bond acceptors (Lipinski definition) is 12. The van der Waals surface area contributed by atoms with Gasteiger partial charge in [-0.25, -0.2) is 4.79 Å². The molecule has 2 aromatic carbocycles. The number of esters is 1. The zero-order valence-electron chi connectivity index (χ0n) is 27.9. The van der Waals surface area contributed by atoms with Crippen molar-refractivity contribution in [2.45, 2.75) is 49.7 Å². The molecule has 2 saturated carbocycles. The van der Waals surface area contributed by atoms with Crippen molar-refractivity contribution in [1.29, 1.82) is 0 Å². The van der Waals surface area contributed by atoms with E-state index >= 15 is 0 Å². The number of fused-ring (bicyclic) bond motifs is 3. The first-order valence-corrected chi connectivity index (χ1v) is 19.5. The van der Waals surface area contributed by atoms with Gasteiger partial charge in [-0.05, 0) is 78.9 Å². The number of rotatable bonds is 14. The summed E-state index contributed by atoms with van der Waals surface area (Å²) in [5, 5.41) is 42.4. The number of thiophene rings is 2. The number of aromatic nitrogens is 1. The molecule has 2 aliphatic rings. The van der Waals surface area contributed by atoms with Gasteiger partial charge in [-0.2, -0.15) is 0 Å². The first-order chi connectivity index (χ1) is 24.6. The van der Waals surface area contributed by atoms with E-state index in [1.807, 2.05) is 35.0 Å². The molecule has 7 rings (SSSR count). The quantitative estimate of drug-likeness (QED) is 0.0895. The molecule has 2 fully saturated rings. The lowest BCUT2D eigenvalue weighted by molar-refractivity contribution is -0.170. The van der Waals surface area contributed by atoms with Crippen LogP contribution in [0.4, 0.5) is 0 Å². The molecule has 5 atom stereocenters. The van der Waals surface area contributed by atoms with Crippen LogP contribution in [0.5, 0.6) is 5.75 Å². The molecule has 11 nitrogen and oxygen atoms in total. The SMILES string of the molecule is CN(CCNC(=O)c1ccc(CNC[C@H](O)c2ccc(O)c3[nH]c(=O)sc23)cc1)C1C2CCC1C(OC(=O)C(O)(c1cccs1)c1cccs1)C2. The normalized spacial score (nSPS) is 20.6. The van der Waals surface area contributed by atoms with Crippen molar-refractivity contribution in [3.8, 4) is 5.75 Å². The Morgan fingerprint density at radius 3 is 2.47 bits per heavy atom. The summed E-state index contributed by atoms with van der Waals surface area (Å²) in [4.78, 5) is 44.0. The minimum Gasteiger partial charge on any atom is -0.506 e. The molecule has 0 radical (unpaired) electrons. The topological polar surface area (TPSA) is 164 Å². The molecule has 0 spiro atoms. The van der Waals surface area contributed by atoms with Crippen molar-refractivity contribution in [3.63, 3.8) is 0 Å². The first-order valence-electron chi connectivity index (χ1n) is 17.0. The van der Waals surface area contributed by atoms with Crippen LogP contribution in [0, 0.1) is 11.8 Å². The number of aromatic amines is 1. The third-order valence-corrected chi connectivity index (χ3v) is 13.1. The van der Waals surface area contributed by atoms with Gasteiger partial charge in [0.05, 0.1) is 20.6 Å². The number of carbonyl (C=O) groups excluding carboxylic acids is 2. The number of aliphatic hydroxyl groups is 2. The van der Waals surface area contributed by atoms with Crippen LogP contribution >= 0.6 is 34.0 Å². The molecule has 3 heterocycles. The van der Waals surface area contributed by atoms with Crippen LogP contribution < -0.4 is 15.5 Å². The van der Waals surface area contributed by atoms with Gasteiger partial charge in [0.2, 0.25) is 5.60 Å². The predicted molar refractivity (Wildman–Crippen MR) is 198 cm³/mol. The van der Waals surface area contributed by atoms with Crippen molar-refractivity contribution in [2.24, 2.45) is 11.8 Å². The van der Waals surface area contributed by atoms with Crippen molar-refractivity contribution >= 4 is 56.1 Å². The maximum Gasteiger partial charge on any atom is 0.349 e. The molecule has 2 aliphatic carbocycles. The summed E-state index contributed by atoms with van der Waals surface area (Å²) >= 11 is 3.63. The van der Waals surface area contributed by atoms with Gasteiger partial charge in [-0.15, -0.1) is 22.7 Å². The Morgan fingerprint density at radius 2 is 1.78 bits per heavy atom. The largest absolute Gasteiger partial charge is 0.506 e. The Hall–Kier alpha value is -3.89. The van der Waals surface area contributed by atoms with Gasteiger partial charge in [0.1, 0.15) is 17.4 Å². The molecule has 14 heteroatoms. The zero-order chi connectivity index (χ0) is 35.7. The average molecular weight is 749 g/mol. The number of ether oxygens (including phenoxy) is 1. The van der Waals surface area contributed by atoms with Crippen LogP contribution in [-0.2, 0) is 21.7 Å². The molecular formula is C37H40N4O7S3. The Balaban J connectivity index is 0.872. The van der Waals surface area contributed by atoms with Gasteiger partial charge in [-0.3, -0.25) is 9.59 Å². The summed E-state index contributed by atoms with van der Waals surface area (Å²) in [6.45, 7) is 1.82. The summed E-state index contributed by atoms with van der Waals surface area (Å²) < 4.78 is 6.65. The maximum absolute atomic E-state index is 13.6. The minimum absolute atomic E-state index is 0.0342. The number of phenolic OH excluding ortho intramolecular Hbond substituents is 1. The number of likely N-dealkylation sites (N-methyl/N-ethyl adjacent to an activating group) is 1. The van der Waals surface area contributed by atoms with Gasteiger partial charge in [0, 0.05) is 49.3 Å². The number of benzene rings is 2. The summed E-state index contributed by atoms with van der Waals surface area (Å²) in [6, 6.07) is 17.8. The lowest BCUT2D eigenvalue weighted by Gasteiger charge is -2.31. The number of amides is 1. The molecule has 2 bridgehead atoms. The van der Waals surface area contributed by atoms with E-state index in [1.54, 1.807) is 30.3 Å². The number of carbonyl (C=O) groups is 2. The van der Waals surface area contributed by atoms with Crippen LogP contribution in [0.15, 0.2) is 76.2 Å². The third-order valence-electron chi connectivity index (χ3n) is 10.2. The highest BCUT2D eigenvalue weighted by Crippen LogP contribution is 2.49. The summed E-state index contributed by atoms with van der Waals surface area (Å²) in [6.07, 6.45) is 1.64. The number of nitrogens with zero attached hydrogens (tertiary/aromatic N) is 1. The monoisotopic (exact) mass is 748 g/mol. The van der Waals surface area contributed by atoms with E-state index in [1.165, 1.54) is 28.7 Å². The molecular weight excluding hydrogens is 709 g/mol. The van der Waals surface area contributed by atoms with Crippen LogP contribution in [0.2, 0.25) is 0 Å². The lowest BCUT2D eigenvalue weighted by atomic mass is 9.96. The van der Waals surface area contributed by atoms with Crippen molar-refractivity contribution in [1.82, 2.24) is 20.5 Å². The highest BCUT2D eigenvalue weighted by molar-refractivity contribution is 7.16. The number of H-pyrrole nitrogens is 1. The molecule has 4 unspecified atom stereocenters. The minimum atomic E-state index is -1.82. The molecule has 1 amide bonds. The van der Waals surface area contributed by atoms with Crippen molar-refractivity contribution in [2.75, 3.05) is 26.7 Å². The van der Waals surface area contributed by atoms with Gasteiger partial charge in [0.15, 0.2) is 0 Å². The number of aromatic hydroxyl groups is 1. The number of hydrogen-bond donors (Lipinski definition) is 6. The summed E-state index contributed by atoms with van der Waals surface area (Å²) in [5.41, 5.74) is 0.564. The second-order valence-corrected chi connectivity index (χ2v) is 16.2. The Morgan fingerprint density at radius 1 is 1.06 bits per heavy atom. The van der Waals surface area contributed by atoms with E-state index < -0.39 is 17.7 Å². The zero-order valence-corrected chi connectivity index (χ0v) is 30.4. The first kappa shape index (κ1) is 35.5. The maximum atomic E-state index is 13.6. The van der Waals surface area contributed by atoms with E-state index in [0.29, 0.717) is 56.6 Å². The van der Waals surface area contributed by atoms with E-state index in [9.17, 15) is 29.7 Å². The average Bonchev–Trinajstić information content (AvgIpc) is 3.97. The predicted octanol–water partition coefficient (Wildman–Crippen LogP) is 4.55. The molecule has 51 heavy (non-hydrogen) atoms. The molecule has 3 aromatic heterocycles. The fourth-order valence-electron chi connectivity index (χ4n) is 7.71. The van der Waals surface area contributed by atoms with Crippen LogP contribution in [0.3, 0.4) is 0 Å². The summed E-state index contributed by atoms with van der Waals surface area (Å²) in [7, 11) is 2.06. The Bertz CT molecular complexity index is 1990. The molecule has 6 N–H and O–H groups in total. The van der Waals surface area contributed by atoms with Crippen LogP contribution in [0.1, 0.15) is 56.6 Å². The van der Waals surface area contributed by atoms with Gasteiger partial charge < -0.3 is 40.6 Å². The number of phenols is 1. The molecule has 0 saturated heterocycles. The van der Waals surface area contributed by atoms with Crippen LogP contribution in [-0.4, -0.2) is 75.9 Å². The number of nitrogens with one attached hydrogen (secondary N) is 3. The summed E-state index contributed by atoms with van der Waals surface area (Å²) in [5.74, 6) is -0.268. The van der Waals surface area contributed by atoms with E-state index in [2.05, 4.69) is 27.6 Å². The highest BCUT2D eigenvalue weighted by Gasteiger charge is 2.53. The Kier molecular flexibility index (Phi) is 10.4. The molecule has 5 aromatic rings. The second-order valence-electron chi connectivity index (χ2n) is 13.3. The number of thiazole rings is 1. The smallest absolute Gasteiger partial charge is 0.349 e. The van der Waals surface area contributed by atoms with E-state index in [0.717, 1.165) is 36.2 Å².